The van der Waals surface area contributed by atoms with Crippen LogP contribution in [0.15, 0.2) is 18.2 Å². The van der Waals surface area contributed by atoms with E-state index in [4.69, 9.17) is 16.0 Å². The molecular weight excluding hydrogens is 382 g/mol. The summed E-state index contributed by atoms with van der Waals surface area (Å²) in [6.45, 7) is 13.8. The molecule has 30 heavy (non-hydrogen) atoms. The van der Waals surface area contributed by atoms with E-state index in [1.165, 1.54) is 6.42 Å². The van der Waals surface area contributed by atoms with Crippen molar-refractivity contribution in [3.63, 3.8) is 0 Å². The van der Waals surface area contributed by atoms with E-state index in [-0.39, 0.29) is 18.4 Å². The van der Waals surface area contributed by atoms with Gasteiger partial charge in [-0.1, -0.05) is 12.5 Å². The Kier molecular flexibility index (Phi) is 5.70. The van der Waals surface area contributed by atoms with Gasteiger partial charge in [-0.3, -0.25) is 14.5 Å². The van der Waals surface area contributed by atoms with Crippen molar-refractivity contribution in [3.05, 3.63) is 35.2 Å². The van der Waals surface area contributed by atoms with Crippen LogP contribution in [0.1, 0.15) is 57.6 Å². The maximum atomic E-state index is 12.9. The van der Waals surface area contributed by atoms with Crippen molar-refractivity contribution in [1.29, 1.82) is 0 Å². The monoisotopic (exact) mass is 411 g/mol. The highest BCUT2D eigenvalue weighted by molar-refractivity contribution is 5.79. The molecule has 2 saturated heterocycles. The molecule has 0 aromatic heterocycles. The first kappa shape index (κ1) is 20.7. The third-order valence-corrected chi connectivity index (χ3v) is 6.29. The molecule has 2 atom stereocenters. The molecule has 0 bridgehead atoms. The summed E-state index contributed by atoms with van der Waals surface area (Å²) in [5, 5.41) is 0. The van der Waals surface area contributed by atoms with E-state index in [1.807, 2.05) is 13.8 Å². The molecule has 160 valence electrons. The van der Waals surface area contributed by atoms with Crippen molar-refractivity contribution < 1.29 is 19.1 Å². The standard InChI is InChI=1S/C23H29N3O4/c1-23(2)22(29-20(28)15-25-11-5-4-6-12-25)21(26-13-7-8-19(26)27)17-14-16(24-3)9-10-18(17)30-23/h9-10,14,21-22H,4-8,11-13,15H2,1-2H3/t21-,22+/m1/s1. The summed E-state index contributed by atoms with van der Waals surface area (Å²) in [5.41, 5.74) is 0.415. The summed E-state index contributed by atoms with van der Waals surface area (Å²) >= 11 is 0. The van der Waals surface area contributed by atoms with Gasteiger partial charge in [0, 0.05) is 18.5 Å². The zero-order valence-electron chi connectivity index (χ0n) is 17.7. The van der Waals surface area contributed by atoms with E-state index in [1.54, 1.807) is 23.1 Å². The van der Waals surface area contributed by atoms with Gasteiger partial charge in [0.1, 0.15) is 17.4 Å². The minimum atomic E-state index is -0.808. The number of carbonyl (C=O) groups excluding carboxylic acids is 2. The number of rotatable bonds is 4. The van der Waals surface area contributed by atoms with E-state index in [0.29, 0.717) is 24.4 Å². The predicted molar refractivity (Wildman–Crippen MR) is 111 cm³/mol. The summed E-state index contributed by atoms with van der Waals surface area (Å²) in [4.78, 5) is 33.0. The number of esters is 1. The molecule has 4 rings (SSSR count). The molecule has 1 aromatic rings. The number of ether oxygens (including phenoxy) is 2. The second-order valence-electron chi connectivity index (χ2n) is 8.92. The largest absolute Gasteiger partial charge is 0.484 e. The Balaban J connectivity index is 1.65. The van der Waals surface area contributed by atoms with E-state index in [2.05, 4.69) is 9.74 Å². The van der Waals surface area contributed by atoms with Gasteiger partial charge in [0.25, 0.3) is 0 Å². The van der Waals surface area contributed by atoms with Crippen molar-refractivity contribution in [2.24, 2.45) is 0 Å². The Labute approximate surface area is 177 Å². The van der Waals surface area contributed by atoms with Crippen LogP contribution in [0.5, 0.6) is 5.75 Å². The fourth-order valence-corrected chi connectivity index (χ4v) is 4.79. The van der Waals surface area contributed by atoms with Crippen molar-refractivity contribution >= 4 is 17.6 Å². The molecule has 0 unspecified atom stereocenters. The molecule has 1 amide bonds. The number of hydrogen-bond donors (Lipinski definition) is 0. The van der Waals surface area contributed by atoms with E-state index in [9.17, 15) is 9.59 Å². The van der Waals surface area contributed by atoms with Gasteiger partial charge in [0.2, 0.25) is 5.91 Å². The van der Waals surface area contributed by atoms with Crippen molar-refractivity contribution in [2.45, 2.75) is 63.7 Å². The molecule has 2 fully saturated rings. The van der Waals surface area contributed by atoms with Crippen LogP contribution in [0.4, 0.5) is 5.69 Å². The molecule has 3 aliphatic rings. The Bertz CT molecular complexity index is 870. The SMILES string of the molecule is [C-]#[N+]c1ccc2c(c1)[C@@H](N1CCCC1=O)[C@H](OC(=O)CN1CCCCC1)C(C)(C)O2. The van der Waals surface area contributed by atoms with Crippen LogP contribution < -0.4 is 4.74 Å². The minimum absolute atomic E-state index is 0.0499. The number of amides is 1. The molecule has 0 radical (unpaired) electrons. The number of likely N-dealkylation sites (tertiary alicyclic amines) is 2. The molecular formula is C23H29N3O4. The summed E-state index contributed by atoms with van der Waals surface area (Å²) in [6, 6.07) is 4.81. The van der Waals surface area contributed by atoms with Crippen LogP contribution in [0.3, 0.4) is 0 Å². The van der Waals surface area contributed by atoms with Crippen LogP contribution in [-0.4, -0.2) is 59.6 Å². The van der Waals surface area contributed by atoms with Gasteiger partial charge in [0.15, 0.2) is 11.8 Å². The van der Waals surface area contributed by atoms with Crippen LogP contribution in [0.25, 0.3) is 4.85 Å². The highest BCUT2D eigenvalue weighted by atomic mass is 16.6. The van der Waals surface area contributed by atoms with Crippen LogP contribution in [-0.2, 0) is 14.3 Å². The van der Waals surface area contributed by atoms with Gasteiger partial charge in [-0.2, -0.15) is 0 Å². The Morgan fingerprint density at radius 1 is 1.23 bits per heavy atom. The number of carbonyl (C=O) groups is 2. The quantitative estimate of drug-likeness (QED) is 0.561. The lowest BCUT2D eigenvalue weighted by molar-refractivity contribution is -0.174. The number of nitrogens with zero attached hydrogens (tertiary/aromatic N) is 3. The lowest BCUT2D eigenvalue weighted by atomic mass is 9.85. The average Bonchev–Trinajstić information content (AvgIpc) is 3.14. The smallest absolute Gasteiger partial charge is 0.320 e. The van der Waals surface area contributed by atoms with Gasteiger partial charge >= 0.3 is 5.97 Å². The first-order chi connectivity index (χ1) is 14.4. The first-order valence-corrected chi connectivity index (χ1v) is 10.8. The van der Waals surface area contributed by atoms with Crippen LogP contribution in [0.2, 0.25) is 0 Å². The molecule has 3 aliphatic heterocycles. The molecule has 0 saturated carbocycles. The molecule has 3 heterocycles. The normalized spacial score (nSPS) is 25.9. The Morgan fingerprint density at radius 2 is 2.00 bits per heavy atom. The highest BCUT2D eigenvalue weighted by Crippen LogP contribution is 2.46. The van der Waals surface area contributed by atoms with Gasteiger partial charge in [-0.15, -0.1) is 0 Å². The summed E-state index contributed by atoms with van der Waals surface area (Å²) in [7, 11) is 0. The number of benzene rings is 1. The average molecular weight is 412 g/mol. The van der Waals surface area contributed by atoms with Gasteiger partial charge in [0.05, 0.1) is 13.1 Å². The predicted octanol–water partition coefficient (Wildman–Crippen LogP) is 3.47. The van der Waals surface area contributed by atoms with Crippen molar-refractivity contribution in [2.75, 3.05) is 26.2 Å². The Hall–Kier alpha value is -2.59. The lowest BCUT2D eigenvalue weighted by Gasteiger charge is -2.47. The lowest BCUT2D eigenvalue weighted by Crippen LogP contribution is -2.56. The van der Waals surface area contributed by atoms with Crippen LogP contribution >= 0.6 is 0 Å². The van der Waals surface area contributed by atoms with Crippen LogP contribution in [0, 0.1) is 6.57 Å². The molecule has 0 N–H and O–H groups in total. The summed E-state index contributed by atoms with van der Waals surface area (Å²) in [6.07, 6.45) is 4.03. The molecule has 0 spiro atoms. The zero-order chi connectivity index (χ0) is 21.3. The third kappa shape index (κ3) is 4.01. The molecule has 7 nitrogen and oxygen atoms in total. The van der Waals surface area contributed by atoms with E-state index in [0.717, 1.165) is 37.9 Å². The fraction of sp³-hybridized carbons (Fsp3) is 0.609. The molecule has 1 aromatic carbocycles. The van der Waals surface area contributed by atoms with Gasteiger partial charge < -0.3 is 14.4 Å². The third-order valence-electron chi connectivity index (χ3n) is 6.29. The maximum absolute atomic E-state index is 12.9. The van der Waals surface area contributed by atoms with Crippen molar-refractivity contribution in [1.82, 2.24) is 9.80 Å². The van der Waals surface area contributed by atoms with E-state index >= 15 is 0 Å². The molecule has 0 aliphatic carbocycles. The minimum Gasteiger partial charge on any atom is -0.484 e. The summed E-state index contributed by atoms with van der Waals surface area (Å²) < 4.78 is 12.3. The highest BCUT2D eigenvalue weighted by Gasteiger charge is 2.50. The fourth-order valence-electron chi connectivity index (χ4n) is 4.79. The molecule has 7 heteroatoms. The second kappa shape index (κ2) is 8.27. The zero-order valence-corrected chi connectivity index (χ0v) is 17.7. The Morgan fingerprint density at radius 3 is 2.67 bits per heavy atom. The second-order valence-corrected chi connectivity index (χ2v) is 8.92. The number of piperidine rings is 1. The number of hydrogen-bond acceptors (Lipinski definition) is 5. The maximum Gasteiger partial charge on any atom is 0.320 e. The van der Waals surface area contributed by atoms with Crippen molar-refractivity contribution in [3.8, 4) is 5.75 Å². The van der Waals surface area contributed by atoms with Gasteiger partial charge in [-0.05, 0) is 58.3 Å². The first-order valence-electron chi connectivity index (χ1n) is 10.8. The number of fused-ring (bicyclic) bond motifs is 1. The summed E-state index contributed by atoms with van der Waals surface area (Å²) in [5.74, 6) is 0.398. The topological polar surface area (TPSA) is 63.4 Å². The van der Waals surface area contributed by atoms with Gasteiger partial charge in [-0.25, -0.2) is 4.85 Å². The van der Waals surface area contributed by atoms with E-state index < -0.39 is 17.7 Å².